The van der Waals surface area contributed by atoms with Crippen molar-refractivity contribution in [2.45, 2.75) is 6.92 Å². The number of hydrogen-bond donors (Lipinski definition) is 1. The van der Waals surface area contributed by atoms with Crippen LogP contribution in [0.5, 0.6) is 11.5 Å². The minimum absolute atomic E-state index is 0.0199. The lowest BCUT2D eigenvalue weighted by Crippen LogP contribution is -2.13. The van der Waals surface area contributed by atoms with Crippen LogP contribution in [-0.2, 0) is 4.79 Å². The van der Waals surface area contributed by atoms with Gasteiger partial charge in [-0.15, -0.1) is 0 Å². The van der Waals surface area contributed by atoms with Gasteiger partial charge in [0, 0.05) is 10.7 Å². The molecule has 0 aliphatic carbocycles. The number of hydrogen-bond acceptors (Lipinski definition) is 3. The molecule has 0 atom stereocenters. The Morgan fingerprint density at radius 1 is 1.04 bits per heavy atom. The maximum absolute atomic E-state index is 12.4. The lowest BCUT2D eigenvalue weighted by Gasteiger charge is -2.07. The van der Waals surface area contributed by atoms with E-state index in [1.54, 1.807) is 36.4 Å². The second-order valence-corrected chi connectivity index (χ2v) is 6.48. The van der Waals surface area contributed by atoms with Crippen LogP contribution in [0.1, 0.15) is 11.1 Å². The van der Waals surface area contributed by atoms with Crippen LogP contribution in [0.25, 0.3) is 6.08 Å². The second kappa shape index (κ2) is 8.90. The van der Waals surface area contributed by atoms with E-state index in [4.69, 9.17) is 16.3 Å². The fourth-order valence-electron chi connectivity index (χ4n) is 2.48. The molecule has 3 rings (SSSR count). The number of amides is 1. The Kier molecular flexibility index (Phi) is 6.11. The standard InChI is InChI=1S/C23H17ClN2O2/c1-16-10-11-19(14-22(16)24)26-23(27)18(15-25)12-17-6-5-9-21(13-17)28-20-7-3-2-4-8-20/h2-14H,1H3,(H,26,27)/b18-12-. The van der Waals surface area contributed by atoms with E-state index in [1.165, 1.54) is 6.08 Å². The Bertz CT molecular complexity index is 1070. The van der Waals surface area contributed by atoms with Crippen molar-refractivity contribution in [3.63, 3.8) is 0 Å². The summed E-state index contributed by atoms with van der Waals surface area (Å²) in [5, 5.41) is 12.6. The molecule has 0 heterocycles. The van der Waals surface area contributed by atoms with Gasteiger partial charge >= 0.3 is 0 Å². The van der Waals surface area contributed by atoms with E-state index in [1.807, 2.05) is 49.4 Å². The largest absolute Gasteiger partial charge is 0.457 e. The predicted molar refractivity (Wildman–Crippen MR) is 111 cm³/mol. The summed E-state index contributed by atoms with van der Waals surface area (Å²) in [7, 11) is 0. The number of rotatable bonds is 5. The third-order valence-electron chi connectivity index (χ3n) is 3.94. The van der Waals surface area contributed by atoms with Crippen molar-refractivity contribution in [3.05, 3.63) is 94.5 Å². The Balaban J connectivity index is 1.78. The van der Waals surface area contributed by atoms with Crippen LogP contribution in [0.2, 0.25) is 5.02 Å². The molecular weight excluding hydrogens is 372 g/mol. The fraction of sp³-hybridized carbons (Fsp3) is 0.0435. The maximum atomic E-state index is 12.4. The zero-order valence-electron chi connectivity index (χ0n) is 15.1. The molecule has 138 valence electrons. The summed E-state index contributed by atoms with van der Waals surface area (Å²) >= 11 is 6.08. The van der Waals surface area contributed by atoms with Crippen molar-refractivity contribution < 1.29 is 9.53 Å². The number of nitrogens with one attached hydrogen (secondary N) is 1. The summed E-state index contributed by atoms with van der Waals surface area (Å²) in [6.07, 6.45) is 1.52. The van der Waals surface area contributed by atoms with Crippen LogP contribution in [0.3, 0.4) is 0 Å². The van der Waals surface area contributed by atoms with Gasteiger partial charge in [-0.1, -0.05) is 48.0 Å². The first-order valence-electron chi connectivity index (χ1n) is 8.57. The van der Waals surface area contributed by atoms with Crippen molar-refractivity contribution in [2.75, 3.05) is 5.32 Å². The van der Waals surface area contributed by atoms with Crippen LogP contribution in [-0.4, -0.2) is 5.91 Å². The molecule has 5 heteroatoms. The van der Waals surface area contributed by atoms with E-state index < -0.39 is 5.91 Å². The molecule has 0 aromatic heterocycles. The topological polar surface area (TPSA) is 62.1 Å². The Morgan fingerprint density at radius 3 is 2.50 bits per heavy atom. The fourth-order valence-corrected chi connectivity index (χ4v) is 2.66. The first kappa shape index (κ1) is 19.2. The van der Waals surface area contributed by atoms with Gasteiger partial charge in [0.2, 0.25) is 0 Å². The maximum Gasteiger partial charge on any atom is 0.266 e. The molecule has 1 amide bonds. The molecule has 0 radical (unpaired) electrons. The molecule has 0 saturated carbocycles. The van der Waals surface area contributed by atoms with Crippen molar-refractivity contribution in [3.8, 4) is 17.6 Å². The van der Waals surface area contributed by atoms with Crippen molar-refractivity contribution in [1.29, 1.82) is 5.26 Å². The average Bonchev–Trinajstić information content (AvgIpc) is 2.70. The lowest BCUT2D eigenvalue weighted by molar-refractivity contribution is -0.112. The van der Waals surface area contributed by atoms with E-state index in [9.17, 15) is 10.1 Å². The molecule has 1 N–H and O–H groups in total. The number of ether oxygens (including phenoxy) is 1. The van der Waals surface area contributed by atoms with Gasteiger partial charge in [0.25, 0.3) is 5.91 Å². The number of nitrogens with zero attached hydrogens (tertiary/aromatic N) is 1. The smallest absolute Gasteiger partial charge is 0.266 e. The van der Waals surface area contributed by atoms with Gasteiger partial charge in [-0.3, -0.25) is 4.79 Å². The predicted octanol–water partition coefficient (Wildman–Crippen LogP) is 5.99. The average molecular weight is 389 g/mol. The number of carbonyl (C=O) groups excluding carboxylic acids is 1. The van der Waals surface area contributed by atoms with Crippen LogP contribution in [0.4, 0.5) is 5.69 Å². The molecule has 0 aliphatic rings. The van der Waals surface area contributed by atoms with Crippen molar-refractivity contribution >= 4 is 29.3 Å². The number of carbonyl (C=O) groups is 1. The van der Waals surface area contributed by atoms with Crippen molar-refractivity contribution in [2.24, 2.45) is 0 Å². The number of halogens is 1. The monoisotopic (exact) mass is 388 g/mol. The number of para-hydroxylation sites is 1. The van der Waals surface area contributed by atoms with Gasteiger partial charge in [-0.05, 0) is 60.5 Å². The summed E-state index contributed by atoms with van der Waals surface area (Å²) in [6, 6.07) is 23.7. The molecule has 0 spiro atoms. The molecule has 0 unspecified atom stereocenters. The number of benzene rings is 3. The van der Waals surface area contributed by atoms with Gasteiger partial charge in [0.1, 0.15) is 23.1 Å². The zero-order valence-corrected chi connectivity index (χ0v) is 15.9. The van der Waals surface area contributed by atoms with E-state index in [0.717, 1.165) is 5.56 Å². The Hall–Kier alpha value is -3.55. The minimum Gasteiger partial charge on any atom is -0.457 e. The highest BCUT2D eigenvalue weighted by Gasteiger charge is 2.10. The SMILES string of the molecule is Cc1ccc(NC(=O)/C(C#N)=C\c2cccc(Oc3ccccc3)c2)cc1Cl. The van der Waals surface area contributed by atoms with Crippen LogP contribution >= 0.6 is 11.6 Å². The van der Waals surface area contributed by atoms with Crippen LogP contribution in [0.15, 0.2) is 78.4 Å². The molecule has 0 bridgehead atoms. The van der Waals surface area contributed by atoms with E-state index in [0.29, 0.717) is 27.8 Å². The molecular formula is C23H17ClN2O2. The Labute approximate surface area is 168 Å². The molecule has 4 nitrogen and oxygen atoms in total. The van der Waals surface area contributed by atoms with E-state index in [-0.39, 0.29) is 5.57 Å². The van der Waals surface area contributed by atoms with Crippen LogP contribution in [0, 0.1) is 18.3 Å². The normalized spacial score (nSPS) is 10.8. The van der Waals surface area contributed by atoms with Crippen molar-refractivity contribution in [1.82, 2.24) is 0 Å². The molecule has 0 fully saturated rings. The highest BCUT2D eigenvalue weighted by molar-refractivity contribution is 6.31. The van der Waals surface area contributed by atoms with Gasteiger partial charge in [0.05, 0.1) is 0 Å². The zero-order chi connectivity index (χ0) is 19.9. The van der Waals surface area contributed by atoms with Gasteiger partial charge in [0.15, 0.2) is 0 Å². The van der Waals surface area contributed by atoms with E-state index in [2.05, 4.69) is 5.32 Å². The summed E-state index contributed by atoms with van der Waals surface area (Å²) in [5.41, 5.74) is 2.10. The van der Waals surface area contributed by atoms with E-state index >= 15 is 0 Å². The highest BCUT2D eigenvalue weighted by atomic mass is 35.5. The van der Waals surface area contributed by atoms with Crippen LogP contribution < -0.4 is 10.1 Å². The number of nitriles is 1. The highest BCUT2D eigenvalue weighted by Crippen LogP contribution is 2.23. The summed E-state index contributed by atoms with van der Waals surface area (Å²) in [5.74, 6) is 0.817. The summed E-state index contributed by atoms with van der Waals surface area (Å²) < 4.78 is 5.79. The van der Waals surface area contributed by atoms with Gasteiger partial charge < -0.3 is 10.1 Å². The number of anilines is 1. The quantitative estimate of drug-likeness (QED) is 0.431. The third-order valence-corrected chi connectivity index (χ3v) is 4.35. The minimum atomic E-state index is -0.503. The van der Waals surface area contributed by atoms with Gasteiger partial charge in [-0.25, -0.2) is 0 Å². The second-order valence-electron chi connectivity index (χ2n) is 6.08. The molecule has 28 heavy (non-hydrogen) atoms. The third kappa shape index (κ3) is 5.00. The molecule has 3 aromatic carbocycles. The molecule has 0 aliphatic heterocycles. The molecule has 3 aromatic rings. The number of aryl methyl sites for hydroxylation is 1. The van der Waals surface area contributed by atoms with Gasteiger partial charge in [-0.2, -0.15) is 5.26 Å². The summed E-state index contributed by atoms with van der Waals surface area (Å²) in [4.78, 5) is 12.4. The Morgan fingerprint density at radius 2 is 1.79 bits per heavy atom. The first-order valence-corrected chi connectivity index (χ1v) is 8.95. The lowest BCUT2D eigenvalue weighted by atomic mass is 10.1. The molecule has 0 saturated heterocycles. The summed E-state index contributed by atoms with van der Waals surface area (Å²) in [6.45, 7) is 1.87. The first-order chi connectivity index (χ1) is 13.5.